The number of carbonyl (C=O) groups is 1. The van der Waals surface area contributed by atoms with Crippen molar-refractivity contribution in [1.82, 2.24) is 9.78 Å². The number of rotatable bonds is 2. The van der Waals surface area contributed by atoms with Crippen molar-refractivity contribution < 1.29 is 9.18 Å². The van der Waals surface area contributed by atoms with Crippen molar-refractivity contribution in [3.63, 3.8) is 0 Å². The summed E-state index contributed by atoms with van der Waals surface area (Å²) in [5.41, 5.74) is 0.829. The summed E-state index contributed by atoms with van der Waals surface area (Å²) < 4.78 is 15.3. The van der Waals surface area contributed by atoms with Gasteiger partial charge in [0.05, 0.1) is 0 Å². The number of hydrogen-bond donors (Lipinski definition) is 0. The fraction of sp³-hybridized carbons (Fsp3) is 0.0667. The van der Waals surface area contributed by atoms with Crippen LogP contribution in [0.1, 0.15) is 16.1 Å². The van der Waals surface area contributed by atoms with Crippen LogP contribution in [0.2, 0.25) is 0 Å². The molecule has 0 spiro atoms. The Morgan fingerprint density at radius 1 is 1.11 bits per heavy atom. The van der Waals surface area contributed by atoms with Crippen molar-refractivity contribution in [1.29, 1.82) is 0 Å². The molecule has 1 heterocycles. The summed E-state index contributed by atoms with van der Waals surface area (Å²) in [4.78, 5) is 12.4. The number of halogens is 1. The number of aromatic nitrogens is 2. The maximum absolute atomic E-state index is 13.7. The fourth-order valence-electron chi connectivity index (χ4n) is 2.13. The van der Waals surface area contributed by atoms with Gasteiger partial charge in [-0.15, -0.1) is 0 Å². The third kappa shape index (κ3) is 1.91. The van der Waals surface area contributed by atoms with E-state index >= 15 is 0 Å². The van der Waals surface area contributed by atoms with E-state index in [4.69, 9.17) is 0 Å². The van der Waals surface area contributed by atoms with Crippen LogP contribution in [0.3, 0.4) is 0 Å². The van der Waals surface area contributed by atoms with Gasteiger partial charge < -0.3 is 0 Å². The van der Waals surface area contributed by atoms with Gasteiger partial charge in [0.15, 0.2) is 0 Å². The second kappa shape index (κ2) is 4.31. The summed E-state index contributed by atoms with van der Waals surface area (Å²) in [6.07, 6.45) is 1.71. The van der Waals surface area contributed by atoms with Crippen molar-refractivity contribution >= 4 is 16.6 Å². The number of aryl methyl sites for hydroxylation is 1. The summed E-state index contributed by atoms with van der Waals surface area (Å²) in [5, 5.41) is 5.15. The van der Waals surface area contributed by atoms with Gasteiger partial charge in [0.2, 0.25) is 5.78 Å². The second-order valence-electron chi connectivity index (χ2n) is 4.34. The lowest BCUT2D eigenvalue weighted by Crippen LogP contribution is -2.04. The topological polar surface area (TPSA) is 34.9 Å². The zero-order valence-corrected chi connectivity index (χ0v) is 10.3. The first-order chi connectivity index (χ1) is 9.16. The lowest BCUT2D eigenvalue weighted by molar-refractivity contribution is 0.103. The van der Waals surface area contributed by atoms with Crippen LogP contribution in [0, 0.1) is 5.82 Å². The van der Waals surface area contributed by atoms with Crippen molar-refractivity contribution in [2.75, 3.05) is 0 Å². The highest BCUT2D eigenvalue weighted by Crippen LogP contribution is 2.23. The molecule has 3 aromatic rings. The molecule has 3 rings (SSSR count). The Hall–Kier alpha value is -2.49. The molecule has 0 bridgehead atoms. The van der Waals surface area contributed by atoms with E-state index in [9.17, 15) is 9.18 Å². The van der Waals surface area contributed by atoms with Crippen LogP contribution in [-0.4, -0.2) is 15.6 Å². The van der Waals surface area contributed by atoms with Crippen LogP contribution in [0.25, 0.3) is 10.8 Å². The molecule has 2 aromatic carbocycles. The minimum absolute atomic E-state index is 0.197. The van der Waals surface area contributed by atoms with Gasteiger partial charge in [0, 0.05) is 24.2 Å². The zero-order chi connectivity index (χ0) is 13.4. The second-order valence-corrected chi connectivity index (χ2v) is 4.34. The smallest absolute Gasteiger partial charge is 0.213 e. The minimum Gasteiger partial charge on any atom is -0.287 e. The van der Waals surface area contributed by atoms with Gasteiger partial charge in [-0.2, -0.15) is 5.10 Å². The first-order valence-electron chi connectivity index (χ1n) is 5.88. The Morgan fingerprint density at radius 3 is 2.53 bits per heavy atom. The predicted octanol–water partition coefficient (Wildman–Crippen LogP) is 2.94. The normalized spacial score (nSPS) is 10.8. The molecular formula is C15H11FN2O. The number of hydrogen-bond acceptors (Lipinski definition) is 2. The maximum Gasteiger partial charge on any atom is 0.213 e. The number of carbonyl (C=O) groups excluding carboxylic acids is 1. The number of ketones is 1. The molecule has 3 nitrogen and oxygen atoms in total. The van der Waals surface area contributed by atoms with Crippen molar-refractivity contribution in [2.45, 2.75) is 0 Å². The van der Waals surface area contributed by atoms with E-state index in [1.54, 1.807) is 48.3 Å². The molecule has 0 unspecified atom stereocenters. The third-order valence-corrected chi connectivity index (χ3v) is 3.06. The molecular weight excluding hydrogens is 243 g/mol. The lowest BCUT2D eigenvalue weighted by atomic mass is 9.99. The first kappa shape index (κ1) is 11.6. The van der Waals surface area contributed by atoms with Gasteiger partial charge in [-0.25, -0.2) is 4.39 Å². The Labute approximate surface area is 109 Å². The molecule has 0 aliphatic heterocycles. The van der Waals surface area contributed by atoms with Crippen LogP contribution in [0.4, 0.5) is 4.39 Å². The summed E-state index contributed by atoms with van der Waals surface area (Å²) in [6.45, 7) is 0. The highest BCUT2D eigenvalue weighted by atomic mass is 19.1. The van der Waals surface area contributed by atoms with Crippen LogP contribution in [-0.2, 0) is 7.05 Å². The first-order valence-corrected chi connectivity index (χ1v) is 5.88. The molecule has 1 aromatic heterocycles. The highest BCUT2D eigenvalue weighted by Gasteiger charge is 2.16. The van der Waals surface area contributed by atoms with Gasteiger partial charge in [0.1, 0.15) is 11.5 Å². The Bertz CT molecular complexity index is 777. The summed E-state index contributed by atoms with van der Waals surface area (Å²) >= 11 is 0. The highest BCUT2D eigenvalue weighted by molar-refractivity contribution is 6.15. The predicted molar refractivity (Wildman–Crippen MR) is 70.5 cm³/mol. The van der Waals surface area contributed by atoms with Gasteiger partial charge in [-0.3, -0.25) is 9.48 Å². The molecule has 0 aliphatic carbocycles. The van der Waals surface area contributed by atoms with Crippen LogP contribution in [0.15, 0.2) is 48.7 Å². The average Bonchev–Trinajstić information content (AvgIpc) is 2.86. The van der Waals surface area contributed by atoms with E-state index in [1.165, 1.54) is 12.1 Å². The Kier molecular flexibility index (Phi) is 2.63. The molecule has 0 radical (unpaired) electrons. The molecule has 0 amide bonds. The monoisotopic (exact) mass is 254 g/mol. The minimum atomic E-state index is -0.326. The van der Waals surface area contributed by atoms with Crippen molar-refractivity contribution in [3.8, 4) is 0 Å². The standard InChI is InChI=1S/C15H11FN2O/c1-18-9-8-14(17-18)15(19)12-6-7-13(16)11-5-3-2-4-10(11)12/h2-9H,1H3. The van der Waals surface area contributed by atoms with E-state index in [0.29, 0.717) is 22.0 Å². The van der Waals surface area contributed by atoms with Gasteiger partial charge in [-0.1, -0.05) is 24.3 Å². The maximum atomic E-state index is 13.7. The van der Waals surface area contributed by atoms with Crippen molar-refractivity contribution in [3.05, 3.63) is 65.7 Å². The summed E-state index contributed by atoms with van der Waals surface area (Å²) in [7, 11) is 1.75. The van der Waals surface area contributed by atoms with Crippen molar-refractivity contribution in [2.24, 2.45) is 7.05 Å². The molecule has 0 N–H and O–H groups in total. The van der Waals surface area contributed by atoms with Gasteiger partial charge in [0.25, 0.3) is 0 Å². The molecule has 0 fully saturated rings. The average molecular weight is 254 g/mol. The zero-order valence-electron chi connectivity index (χ0n) is 10.3. The van der Waals surface area contributed by atoms with Crippen LogP contribution < -0.4 is 0 Å². The quantitative estimate of drug-likeness (QED) is 0.659. The Balaban J connectivity index is 2.21. The molecule has 0 saturated heterocycles. The number of benzene rings is 2. The SMILES string of the molecule is Cn1ccc(C(=O)c2ccc(F)c3ccccc23)n1. The molecule has 0 aliphatic rings. The third-order valence-electron chi connectivity index (χ3n) is 3.06. The molecule has 0 atom stereocenters. The van der Waals surface area contributed by atoms with Gasteiger partial charge >= 0.3 is 0 Å². The van der Waals surface area contributed by atoms with E-state index < -0.39 is 0 Å². The van der Waals surface area contributed by atoms with Gasteiger partial charge in [-0.05, 0) is 23.6 Å². The lowest BCUT2D eigenvalue weighted by Gasteiger charge is -2.05. The molecule has 94 valence electrons. The Morgan fingerprint density at radius 2 is 1.84 bits per heavy atom. The van der Waals surface area contributed by atoms with Crippen LogP contribution in [0.5, 0.6) is 0 Å². The fourth-order valence-corrected chi connectivity index (χ4v) is 2.13. The molecule has 4 heteroatoms. The van der Waals surface area contributed by atoms with E-state index in [-0.39, 0.29) is 11.6 Å². The summed E-state index contributed by atoms with van der Waals surface area (Å²) in [6, 6.07) is 11.4. The summed E-state index contributed by atoms with van der Waals surface area (Å²) in [5.74, 6) is -0.523. The molecule has 0 saturated carbocycles. The van der Waals surface area contributed by atoms with E-state index in [2.05, 4.69) is 5.10 Å². The van der Waals surface area contributed by atoms with Crippen LogP contribution >= 0.6 is 0 Å². The largest absolute Gasteiger partial charge is 0.287 e. The van der Waals surface area contributed by atoms with E-state index in [0.717, 1.165) is 0 Å². The molecule has 19 heavy (non-hydrogen) atoms. The number of fused-ring (bicyclic) bond motifs is 1. The van der Waals surface area contributed by atoms with E-state index in [1.807, 2.05) is 0 Å². The number of nitrogens with zero attached hydrogens (tertiary/aromatic N) is 2.